The van der Waals surface area contributed by atoms with Crippen molar-refractivity contribution in [2.24, 2.45) is 0 Å². The Labute approximate surface area is 175 Å². The number of hydrogen-bond acceptors (Lipinski definition) is 3. The van der Waals surface area contributed by atoms with Crippen LogP contribution in [0.5, 0.6) is 0 Å². The third-order valence-corrected chi connectivity index (χ3v) is 8.16. The Hall–Kier alpha value is -3.36. The molecule has 1 N–H and O–H groups in total. The van der Waals surface area contributed by atoms with Crippen molar-refractivity contribution >= 4 is 23.7 Å². The van der Waals surface area contributed by atoms with Crippen molar-refractivity contribution in [3.63, 3.8) is 0 Å². The van der Waals surface area contributed by atoms with Gasteiger partial charge in [-0.25, -0.2) is 0 Å². The summed E-state index contributed by atoms with van der Waals surface area (Å²) in [6, 6.07) is 30.9. The number of nitrogens with one attached hydrogen (secondary N) is 1. The second kappa shape index (κ2) is 8.98. The summed E-state index contributed by atoms with van der Waals surface area (Å²) in [6.07, 6.45) is 1.78. The van der Waals surface area contributed by atoms with Crippen molar-refractivity contribution in [1.29, 1.82) is 0 Å². The SMILES string of the molecule is O=C(NC(CP(=O)(c1ccccc1)c1ccccc1)c1ccco1)c1ccccc1. The van der Waals surface area contributed by atoms with Crippen molar-refractivity contribution < 1.29 is 13.8 Å². The molecule has 0 saturated heterocycles. The van der Waals surface area contributed by atoms with Crippen LogP contribution in [0.1, 0.15) is 22.2 Å². The molecule has 1 heterocycles. The highest BCUT2D eigenvalue weighted by atomic mass is 31.2. The Morgan fingerprint density at radius 2 is 1.30 bits per heavy atom. The Bertz CT molecular complexity index is 1080. The highest BCUT2D eigenvalue weighted by molar-refractivity contribution is 7.78. The zero-order valence-corrected chi connectivity index (χ0v) is 17.2. The lowest BCUT2D eigenvalue weighted by Crippen LogP contribution is -2.33. The fraction of sp³-hybridized carbons (Fsp3) is 0.0800. The van der Waals surface area contributed by atoms with Gasteiger partial charge in [0.2, 0.25) is 0 Å². The number of carbonyl (C=O) groups excluding carboxylic acids is 1. The van der Waals surface area contributed by atoms with Gasteiger partial charge in [0.25, 0.3) is 5.91 Å². The molecule has 4 aromatic rings. The molecule has 1 atom stereocenters. The minimum atomic E-state index is -3.04. The predicted molar refractivity (Wildman–Crippen MR) is 120 cm³/mol. The van der Waals surface area contributed by atoms with Gasteiger partial charge in [-0.3, -0.25) is 4.79 Å². The summed E-state index contributed by atoms with van der Waals surface area (Å²) in [7, 11) is -3.04. The molecular formula is C25H22NO3P. The first kappa shape index (κ1) is 19.9. The van der Waals surface area contributed by atoms with Crippen molar-refractivity contribution in [3.05, 3.63) is 121 Å². The molecule has 1 aromatic heterocycles. The minimum absolute atomic E-state index is 0.215. The van der Waals surface area contributed by atoms with E-state index >= 15 is 0 Å². The van der Waals surface area contributed by atoms with E-state index in [2.05, 4.69) is 5.32 Å². The summed E-state index contributed by atoms with van der Waals surface area (Å²) in [6.45, 7) is 0. The lowest BCUT2D eigenvalue weighted by Gasteiger charge is -2.25. The maximum atomic E-state index is 14.4. The summed E-state index contributed by atoms with van der Waals surface area (Å²) in [5.74, 6) is 0.344. The Morgan fingerprint density at radius 3 is 1.80 bits per heavy atom. The Morgan fingerprint density at radius 1 is 0.767 bits per heavy atom. The Balaban J connectivity index is 1.72. The number of amides is 1. The topological polar surface area (TPSA) is 59.3 Å². The standard InChI is InChI=1S/C25H22NO3P/c27-25(20-11-4-1-5-12-20)26-23(24-17-10-18-29-24)19-30(28,21-13-6-2-7-14-21)22-15-8-3-9-16-22/h1-18,23H,19H2,(H,26,27). The highest BCUT2D eigenvalue weighted by Gasteiger charge is 2.33. The number of carbonyl (C=O) groups is 1. The summed E-state index contributed by atoms with van der Waals surface area (Å²) >= 11 is 0. The van der Waals surface area contributed by atoms with Gasteiger partial charge in [-0.05, 0) is 24.3 Å². The van der Waals surface area contributed by atoms with Crippen LogP contribution in [-0.4, -0.2) is 12.1 Å². The van der Waals surface area contributed by atoms with Gasteiger partial charge in [0, 0.05) is 22.3 Å². The zero-order valence-electron chi connectivity index (χ0n) is 16.3. The summed E-state index contributed by atoms with van der Waals surface area (Å²) < 4.78 is 20.1. The van der Waals surface area contributed by atoms with E-state index in [1.54, 1.807) is 30.5 Å². The van der Waals surface area contributed by atoms with Gasteiger partial charge in [-0.1, -0.05) is 78.9 Å². The van der Waals surface area contributed by atoms with Crippen LogP contribution in [0, 0.1) is 0 Å². The number of furan rings is 1. The average Bonchev–Trinajstić information content (AvgIpc) is 3.35. The molecule has 0 aliphatic heterocycles. The van der Waals surface area contributed by atoms with Gasteiger partial charge in [-0.2, -0.15) is 0 Å². The van der Waals surface area contributed by atoms with E-state index in [1.165, 1.54) is 0 Å². The third kappa shape index (κ3) is 4.29. The fourth-order valence-electron chi connectivity index (χ4n) is 3.48. The third-order valence-electron chi connectivity index (χ3n) is 5.01. The van der Waals surface area contributed by atoms with E-state index in [0.29, 0.717) is 11.3 Å². The lowest BCUT2D eigenvalue weighted by molar-refractivity contribution is 0.0936. The van der Waals surface area contributed by atoms with E-state index < -0.39 is 13.2 Å². The van der Waals surface area contributed by atoms with Crippen molar-refractivity contribution in [2.45, 2.75) is 6.04 Å². The second-order valence-electron chi connectivity index (χ2n) is 7.00. The van der Waals surface area contributed by atoms with Crippen LogP contribution < -0.4 is 15.9 Å². The van der Waals surface area contributed by atoms with Crippen molar-refractivity contribution in [3.8, 4) is 0 Å². The second-order valence-corrected chi connectivity index (χ2v) is 9.88. The highest BCUT2D eigenvalue weighted by Crippen LogP contribution is 2.46. The molecule has 3 aromatic carbocycles. The molecular weight excluding hydrogens is 393 g/mol. The van der Waals surface area contributed by atoms with Crippen LogP contribution in [0.3, 0.4) is 0 Å². The van der Waals surface area contributed by atoms with E-state index in [0.717, 1.165) is 10.6 Å². The smallest absolute Gasteiger partial charge is 0.251 e. The van der Waals surface area contributed by atoms with Crippen molar-refractivity contribution in [2.75, 3.05) is 6.16 Å². The molecule has 30 heavy (non-hydrogen) atoms. The fourth-order valence-corrected chi connectivity index (χ4v) is 6.29. The van der Waals surface area contributed by atoms with E-state index in [4.69, 9.17) is 4.42 Å². The summed E-state index contributed by atoms with van der Waals surface area (Å²) in [5, 5.41) is 4.53. The molecule has 0 spiro atoms. The summed E-state index contributed by atoms with van der Waals surface area (Å²) in [4.78, 5) is 12.9. The maximum absolute atomic E-state index is 14.4. The average molecular weight is 415 g/mol. The first-order chi connectivity index (χ1) is 14.7. The van der Waals surface area contributed by atoms with Crippen LogP contribution in [0.2, 0.25) is 0 Å². The molecule has 0 aliphatic carbocycles. The van der Waals surface area contributed by atoms with Gasteiger partial charge < -0.3 is 14.3 Å². The van der Waals surface area contributed by atoms with Gasteiger partial charge in [-0.15, -0.1) is 0 Å². The first-order valence-electron chi connectivity index (χ1n) is 9.76. The zero-order chi connectivity index (χ0) is 20.8. The molecule has 4 rings (SSSR count). The van der Waals surface area contributed by atoms with E-state index in [1.807, 2.05) is 78.9 Å². The molecule has 1 unspecified atom stereocenters. The van der Waals surface area contributed by atoms with Gasteiger partial charge in [0.1, 0.15) is 12.9 Å². The van der Waals surface area contributed by atoms with Crippen molar-refractivity contribution in [1.82, 2.24) is 5.32 Å². The van der Waals surface area contributed by atoms with Crippen LogP contribution >= 0.6 is 7.14 Å². The monoisotopic (exact) mass is 415 g/mol. The number of rotatable bonds is 7. The number of benzene rings is 3. The predicted octanol–water partition coefficient (Wildman–Crippen LogP) is 4.76. The Kier molecular flexibility index (Phi) is 5.97. The molecule has 0 radical (unpaired) electrons. The minimum Gasteiger partial charge on any atom is -0.467 e. The van der Waals surface area contributed by atoms with Crippen LogP contribution in [-0.2, 0) is 4.57 Å². The molecule has 5 heteroatoms. The molecule has 0 aliphatic rings. The van der Waals surface area contributed by atoms with Crippen LogP contribution in [0.4, 0.5) is 0 Å². The van der Waals surface area contributed by atoms with Gasteiger partial charge in [0.15, 0.2) is 0 Å². The van der Waals surface area contributed by atoms with Gasteiger partial charge in [0.05, 0.1) is 12.3 Å². The largest absolute Gasteiger partial charge is 0.467 e. The lowest BCUT2D eigenvalue weighted by atomic mass is 10.2. The first-order valence-corrected chi connectivity index (χ1v) is 11.7. The molecule has 0 fully saturated rings. The summed E-state index contributed by atoms with van der Waals surface area (Å²) in [5.41, 5.74) is 0.545. The molecule has 1 amide bonds. The molecule has 0 bridgehead atoms. The van der Waals surface area contributed by atoms with Crippen LogP contribution in [0.25, 0.3) is 0 Å². The van der Waals surface area contributed by atoms with Gasteiger partial charge >= 0.3 is 0 Å². The van der Waals surface area contributed by atoms with E-state index in [9.17, 15) is 9.36 Å². The maximum Gasteiger partial charge on any atom is 0.251 e. The van der Waals surface area contributed by atoms with E-state index in [-0.39, 0.29) is 12.1 Å². The molecule has 4 nitrogen and oxygen atoms in total. The quantitative estimate of drug-likeness (QED) is 0.443. The normalized spacial score (nSPS) is 12.3. The molecule has 150 valence electrons. The van der Waals surface area contributed by atoms with Crippen LogP contribution in [0.15, 0.2) is 114 Å². The molecule has 0 saturated carbocycles. The number of hydrogen-bond donors (Lipinski definition) is 1.